The lowest BCUT2D eigenvalue weighted by molar-refractivity contribution is -0.385. The summed E-state index contributed by atoms with van der Waals surface area (Å²) in [4.78, 5) is 22.2. The summed E-state index contributed by atoms with van der Waals surface area (Å²) in [6.45, 7) is 3.80. The predicted molar refractivity (Wildman–Crippen MR) is 79.6 cm³/mol. The molecule has 1 amide bonds. The monoisotopic (exact) mass is 299 g/mol. The number of non-ortho nitro benzene ring substituents is 1. The smallest absolute Gasteiger partial charge is 0.269 e. The molecule has 6 heteroatoms. The minimum Gasteiger partial charge on any atom is -0.872 e. The summed E-state index contributed by atoms with van der Waals surface area (Å²) in [6, 6.07) is 8.77. The van der Waals surface area contributed by atoms with Crippen molar-refractivity contribution in [2.24, 2.45) is 0 Å². The van der Waals surface area contributed by atoms with Gasteiger partial charge in [-0.2, -0.15) is 0 Å². The van der Waals surface area contributed by atoms with E-state index >= 15 is 0 Å². The number of nitrogens with zero attached hydrogens (tertiary/aromatic N) is 1. The molecular weight excluding hydrogens is 284 g/mol. The largest absolute Gasteiger partial charge is 0.872 e. The number of carbonyl (C=O) groups excluding carboxylic acids is 1. The maximum Gasteiger partial charge on any atom is 0.269 e. The molecule has 0 unspecified atom stereocenters. The van der Waals surface area contributed by atoms with Crippen molar-refractivity contribution in [1.29, 1.82) is 0 Å². The van der Waals surface area contributed by atoms with Crippen LogP contribution in [0.1, 0.15) is 27.0 Å². The van der Waals surface area contributed by atoms with Gasteiger partial charge in [0, 0.05) is 24.2 Å². The minimum atomic E-state index is -0.575. The van der Waals surface area contributed by atoms with E-state index in [0.29, 0.717) is 5.56 Å². The van der Waals surface area contributed by atoms with E-state index in [1.165, 1.54) is 6.07 Å². The van der Waals surface area contributed by atoms with Crippen molar-refractivity contribution in [2.75, 3.05) is 0 Å². The number of carbonyl (C=O) groups is 1. The van der Waals surface area contributed by atoms with E-state index in [9.17, 15) is 20.0 Å². The molecule has 22 heavy (non-hydrogen) atoms. The molecule has 0 heterocycles. The highest BCUT2D eigenvalue weighted by molar-refractivity contribution is 5.94. The number of aryl methyl sites for hydroxylation is 2. The molecule has 0 saturated heterocycles. The molecule has 114 valence electrons. The van der Waals surface area contributed by atoms with Crippen molar-refractivity contribution in [3.63, 3.8) is 0 Å². The van der Waals surface area contributed by atoms with E-state index in [-0.39, 0.29) is 29.5 Å². The highest BCUT2D eigenvalue weighted by Gasteiger charge is 2.09. The average Bonchev–Trinajstić information content (AvgIpc) is 2.48. The molecule has 0 fully saturated rings. The van der Waals surface area contributed by atoms with Crippen LogP contribution in [0.2, 0.25) is 0 Å². The number of hydrogen-bond acceptors (Lipinski definition) is 4. The molecule has 2 aromatic rings. The van der Waals surface area contributed by atoms with E-state index in [0.717, 1.165) is 23.3 Å². The highest BCUT2D eigenvalue weighted by Crippen LogP contribution is 2.20. The van der Waals surface area contributed by atoms with Crippen LogP contribution in [0.4, 0.5) is 5.69 Å². The number of nitro benzene ring substituents is 1. The number of benzene rings is 2. The third-order valence-electron chi connectivity index (χ3n) is 3.46. The number of nitro groups is 1. The third-order valence-corrected chi connectivity index (χ3v) is 3.46. The van der Waals surface area contributed by atoms with E-state index in [1.807, 2.05) is 19.9 Å². The van der Waals surface area contributed by atoms with Crippen LogP contribution in [0.15, 0.2) is 36.4 Å². The minimum absolute atomic E-state index is 0.0493. The van der Waals surface area contributed by atoms with Gasteiger partial charge in [0.25, 0.3) is 11.6 Å². The molecule has 0 aliphatic heterocycles. The average molecular weight is 299 g/mol. The van der Waals surface area contributed by atoms with Crippen molar-refractivity contribution in [1.82, 2.24) is 5.32 Å². The fourth-order valence-corrected chi connectivity index (χ4v) is 1.98. The Kier molecular flexibility index (Phi) is 4.41. The van der Waals surface area contributed by atoms with Gasteiger partial charge in [-0.1, -0.05) is 12.1 Å². The summed E-state index contributed by atoms with van der Waals surface area (Å²) in [5.74, 6) is -0.667. The van der Waals surface area contributed by atoms with Gasteiger partial charge in [0.2, 0.25) is 0 Å². The van der Waals surface area contributed by atoms with E-state index in [1.54, 1.807) is 12.1 Å². The van der Waals surface area contributed by atoms with Gasteiger partial charge in [-0.05, 0) is 42.7 Å². The Labute approximate surface area is 127 Å². The van der Waals surface area contributed by atoms with Crippen LogP contribution >= 0.6 is 0 Å². The molecule has 2 aromatic carbocycles. The molecule has 0 radical (unpaired) electrons. The van der Waals surface area contributed by atoms with Gasteiger partial charge in [0.05, 0.1) is 4.92 Å². The zero-order valence-corrected chi connectivity index (χ0v) is 12.3. The molecule has 0 aliphatic rings. The molecule has 6 nitrogen and oxygen atoms in total. The topological polar surface area (TPSA) is 95.3 Å². The molecule has 0 aromatic heterocycles. The normalized spacial score (nSPS) is 10.3. The highest BCUT2D eigenvalue weighted by atomic mass is 16.6. The first-order valence-electron chi connectivity index (χ1n) is 6.68. The number of amides is 1. The Morgan fingerprint density at radius 1 is 1.14 bits per heavy atom. The number of nitrogens with one attached hydrogen (secondary N) is 1. The second kappa shape index (κ2) is 6.26. The molecular formula is C16H15N2O4-. The summed E-state index contributed by atoms with van der Waals surface area (Å²) in [7, 11) is 0. The molecule has 0 saturated carbocycles. The standard InChI is InChI=1S/C16H16N2O4/c1-10-3-4-12(7-11(10)2)16(20)17-9-13-8-14(18(21)22)5-6-15(13)19/h3-8,19H,9H2,1-2H3,(H,17,20)/p-1. The molecule has 0 bridgehead atoms. The van der Waals surface area contributed by atoms with Crippen molar-refractivity contribution < 1.29 is 14.8 Å². The van der Waals surface area contributed by atoms with Crippen molar-refractivity contribution >= 4 is 11.6 Å². The molecule has 0 aliphatic carbocycles. The van der Waals surface area contributed by atoms with Gasteiger partial charge in [0.15, 0.2) is 0 Å². The molecule has 0 atom stereocenters. The van der Waals surface area contributed by atoms with E-state index in [4.69, 9.17) is 0 Å². The Balaban J connectivity index is 2.12. The van der Waals surface area contributed by atoms with Crippen LogP contribution in [-0.2, 0) is 6.54 Å². The lowest BCUT2D eigenvalue weighted by Crippen LogP contribution is -2.23. The third kappa shape index (κ3) is 3.41. The maximum atomic E-state index is 12.1. The second-order valence-electron chi connectivity index (χ2n) is 5.03. The van der Waals surface area contributed by atoms with E-state index < -0.39 is 4.92 Å². The van der Waals surface area contributed by atoms with Gasteiger partial charge >= 0.3 is 0 Å². The Hall–Kier alpha value is -2.89. The SMILES string of the molecule is Cc1ccc(C(=O)NCc2cc([N+](=O)[O-])ccc2[O-])cc1C. The van der Waals surface area contributed by atoms with Crippen LogP contribution in [0, 0.1) is 24.0 Å². The lowest BCUT2D eigenvalue weighted by atomic mass is 10.1. The first-order chi connectivity index (χ1) is 10.4. The zero-order valence-electron chi connectivity index (χ0n) is 12.3. The summed E-state index contributed by atoms with van der Waals surface area (Å²) in [6.07, 6.45) is 0. The fraction of sp³-hybridized carbons (Fsp3) is 0.188. The van der Waals surface area contributed by atoms with Crippen molar-refractivity contribution in [3.05, 3.63) is 68.8 Å². The second-order valence-corrected chi connectivity index (χ2v) is 5.03. The van der Waals surface area contributed by atoms with Crippen LogP contribution in [0.5, 0.6) is 5.75 Å². The van der Waals surface area contributed by atoms with Gasteiger partial charge in [-0.25, -0.2) is 0 Å². The zero-order chi connectivity index (χ0) is 16.3. The molecule has 0 spiro atoms. The van der Waals surface area contributed by atoms with E-state index in [2.05, 4.69) is 5.32 Å². The van der Waals surface area contributed by atoms with Gasteiger partial charge in [-0.3, -0.25) is 14.9 Å². The summed E-state index contributed by atoms with van der Waals surface area (Å²) < 4.78 is 0. The van der Waals surface area contributed by atoms with Crippen LogP contribution in [0.25, 0.3) is 0 Å². The Morgan fingerprint density at radius 3 is 2.50 bits per heavy atom. The first-order valence-corrected chi connectivity index (χ1v) is 6.68. The Bertz CT molecular complexity index is 741. The number of hydrogen-bond donors (Lipinski definition) is 1. The van der Waals surface area contributed by atoms with Gasteiger partial charge in [0.1, 0.15) is 0 Å². The van der Waals surface area contributed by atoms with Gasteiger partial charge < -0.3 is 10.4 Å². The van der Waals surface area contributed by atoms with Gasteiger partial charge in [-0.15, -0.1) is 5.75 Å². The maximum absolute atomic E-state index is 12.1. The van der Waals surface area contributed by atoms with Crippen LogP contribution in [-0.4, -0.2) is 10.8 Å². The molecule has 1 N–H and O–H groups in total. The summed E-state index contributed by atoms with van der Waals surface area (Å²) >= 11 is 0. The van der Waals surface area contributed by atoms with Crippen LogP contribution in [0.3, 0.4) is 0 Å². The lowest BCUT2D eigenvalue weighted by Gasteiger charge is -2.14. The van der Waals surface area contributed by atoms with Crippen LogP contribution < -0.4 is 10.4 Å². The quantitative estimate of drug-likeness (QED) is 0.691. The predicted octanol–water partition coefficient (Wildman–Crippen LogP) is 2.22. The first kappa shape index (κ1) is 15.5. The van der Waals surface area contributed by atoms with Crippen molar-refractivity contribution in [2.45, 2.75) is 20.4 Å². The fourth-order valence-electron chi connectivity index (χ4n) is 1.98. The molecule has 2 rings (SSSR count). The van der Waals surface area contributed by atoms with Crippen molar-refractivity contribution in [3.8, 4) is 5.75 Å². The number of rotatable bonds is 4. The summed E-state index contributed by atoms with van der Waals surface area (Å²) in [5, 5.41) is 25.0. The Morgan fingerprint density at radius 2 is 1.86 bits per heavy atom. The summed E-state index contributed by atoms with van der Waals surface area (Å²) in [5.41, 5.74) is 2.58.